The van der Waals surface area contributed by atoms with E-state index in [0.717, 1.165) is 43.0 Å². The topological polar surface area (TPSA) is 29.9 Å². The van der Waals surface area contributed by atoms with E-state index in [4.69, 9.17) is 0 Å². The van der Waals surface area contributed by atoms with E-state index >= 15 is 0 Å². The third-order valence-electron chi connectivity index (χ3n) is 4.36. The van der Waals surface area contributed by atoms with Crippen LogP contribution in [0.3, 0.4) is 0 Å². The van der Waals surface area contributed by atoms with Crippen LogP contribution in [0.4, 0.5) is 13.2 Å². The Kier molecular flexibility index (Phi) is 3.75. The number of rotatable bonds is 3. The summed E-state index contributed by atoms with van der Waals surface area (Å²) >= 11 is 0. The molecule has 0 unspecified atom stereocenters. The van der Waals surface area contributed by atoms with E-state index in [9.17, 15) is 13.2 Å². The van der Waals surface area contributed by atoms with Crippen LogP contribution in [0.1, 0.15) is 55.2 Å². The van der Waals surface area contributed by atoms with Gasteiger partial charge in [0.25, 0.3) is 0 Å². The van der Waals surface area contributed by atoms with Crippen LogP contribution in [-0.4, -0.2) is 22.3 Å². The van der Waals surface area contributed by atoms with Crippen molar-refractivity contribution >= 4 is 0 Å². The summed E-state index contributed by atoms with van der Waals surface area (Å²) in [5.41, 5.74) is 1.98. The molecule has 1 aliphatic heterocycles. The average Bonchev–Trinajstić information content (AvgIpc) is 3.02. The summed E-state index contributed by atoms with van der Waals surface area (Å²) in [7, 11) is 0. The van der Waals surface area contributed by atoms with Crippen LogP contribution in [-0.2, 0) is 19.5 Å². The van der Waals surface area contributed by atoms with E-state index < -0.39 is 12.6 Å². The standard InChI is InChI=1S/C14H20F3N3/c15-14(16,17)6-8-20-12-5-7-18-9-11(12)19-13(20)10-3-1-2-4-10/h10,18H,1-9H2. The summed E-state index contributed by atoms with van der Waals surface area (Å²) in [6.07, 6.45) is 0.386. The summed E-state index contributed by atoms with van der Waals surface area (Å²) in [6.45, 7) is 1.54. The van der Waals surface area contributed by atoms with Crippen molar-refractivity contribution in [3.8, 4) is 0 Å². The van der Waals surface area contributed by atoms with Crippen LogP contribution in [0.2, 0.25) is 0 Å². The highest BCUT2D eigenvalue weighted by molar-refractivity contribution is 5.22. The Morgan fingerprint density at radius 2 is 2.00 bits per heavy atom. The van der Waals surface area contributed by atoms with Crippen LogP contribution in [0.5, 0.6) is 0 Å². The fourth-order valence-electron chi connectivity index (χ4n) is 3.38. The number of imidazole rings is 1. The van der Waals surface area contributed by atoms with Crippen molar-refractivity contribution in [2.24, 2.45) is 0 Å². The Labute approximate surface area is 116 Å². The van der Waals surface area contributed by atoms with E-state index in [2.05, 4.69) is 10.3 Å². The highest BCUT2D eigenvalue weighted by Gasteiger charge is 2.31. The summed E-state index contributed by atoms with van der Waals surface area (Å²) in [5.74, 6) is 1.26. The van der Waals surface area contributed by atoms with Crippen molar-refractivity contribution in [3.63, 3.8) is 0 Å². The largest absolute Gasteiger partial charge is 0.390 e. The van der Waals surface area contributed by atoms with Crippen molar-refractivity contribution in [2.45, 2.75) is 63.7 Å². The number of halogens is 3. The monoisotopic (exact) mass is 287 g/mol. The first kappa shape index (κ1) is 13.9. The molecule has 6 heteroatoms. The first-order valence-corrected chi connectivity index (χ1v) is 7.40. The molecule has 0 bridgehead atoms. The lowest BCUT2D eigenvalue weighted by Gasteiger charge is -2.18. The SMILES string of the molecule is FC(F)(F)CCn1c(C2CCCC2)nc2c1CCNC2. The molecule has 0 spiro atoms. The van der Waals surface area contributed by atoms with Gasteiger partial charge in [-0.3, -0.25) is 0 Å². The summed E-state index contributed by atoms with van der Waals surface area (Å²) < 4.78 is 39.5. The normalized spacial score (nSPS) is 20.4. The van der Waals surface area contributed by atoms with Gasteiger partial charge in [-0.15, -0.1) is 0 Å². The van der Waals surface area contributed by atoms with Crippen LogP contribution >= 0.6 is 0 Å². The van der Waals surface area contributed by atoms with Crippen LogP contribution in [0.25, 0.3) is 0 Å². The maximum atomic E-state index is 12.5. The Morgan fingerprint density at radius 1 is 1.25 bits per heavy atom. The first-order chi connectivity index (χ1) is 9.54. The second-order valence-corrected chi connectivity index (χ2v) is 5.79. The number of hydrogen-bond donors (Lipinski definition) is 1. The van der Waals surface area contributed by atoms with Gasteiger partial charge in [0, 0.05) is 37.7 Å². The zero-order valence-electron chi connectivity index (χ0n) is 11.5. The van der Waals surface area contributed by atoms with Gasteiger partial charge in [-0.05, 0) is 12.8 Å². The van der Waals surface area contributed by atoms with Gasteiger partial charge >= 0.3 is 6.18 Å². The van der Waals surface area contributed by atoms with Crippen LogP contribution < -0.4 is 5.32 Å². The number of nitrogens with one attached hydrogen (secondary N) is 1. The van der Waals surface area contributed by atoms with Gasteiger partial charge in [0.2, 0.25) is 0 Å². The molecule has 1 fully saturated rings. The molecule has 0 amide bonds. The van der Waals surface area contributed by atoms with Crippen molar-refractivity contribution in [2.75, 3.05) is 6.54 Å². The molecule has 0 saturated heterocycles. The predicted octanol–water partition coefficient (Wildman–Crippen LogP) is 3.14. The zero-order chi connectivity index (χ0) is 14.2. The number of hydrogen-bond acceptors (Lipinski definition) is 2. The minimum Gasteiger partial charge on any atom is -0.331 e. The lowest BCUT2D eigenvalue weighted by molar-refractivity contribution is -0.136. The van der Waals surface area contributed by atoms with E-state index in [0.29, 0.717) is 12.5 Å². The lowest BCUT2D eigenvalue weighted by Crippen LogP contribution is -2.25. The third-order valence-corrected chi connectivity index (χ3v) is 4.36. The highest BCUT2D eigenvalue weighted by atomic mass is 19.4. The molecule has 1 aromatic rings. The van der Waals surface area contributed by atoms with Gasteiger partial charge in [-0.2, -0.15) is 13.2 Å². The molecule has 3 nitrogen and oxygen atoms in total. The van der Waals surface area contributed by atoms with Crippen molar-refractivity contribution in [1.82, 2.24) is 14.9 Å². The molecule has 20 heavy (non-hydrogen) atoms. The third kappa shape index (κ3) is 2.85. The molecule has 1 saturated carbocycles. The maximum absolute atomic E-state index is 12.5. The molecular formula is C14H20F3N3. The Balaban J connectivity index is 1.89. The molecule has 1 N–H and O–H groups in total. The second-order valence-electron chi connectivity index (χ2n) is 5.79. The lowest BCUT2D eigenvalue weighted by atomic mass is 10.1. The van der Waals surface area contributed by atoms with Gasteiger partial charge in [-0.25, -0.2) is 4.98 Å². The number of fused-ring (bicyclic) bond motifs is 1. The van der Waals surface area contributed by atoms with E-state index in [1.54, 1.807) is 0 Å². The minimum atomic E-state index is -4.10. The fourth-order valence-corrected chi connectivity index (χ4v) is 3.38. The fraction of sp³-hybridized carbons (Fsp3) is 0.786. The van der Waals surface area contributed by atoms with Crippen LogP contribution in [0.15, 0.2) is 0 Å². The number of alkyl halides is 3. The average molecular weight is 287 g/mol. The van der Waals surface area contributed by atoms with Crippen molar-refractivity contribution in [1.29, 1.82) is 0 Å². The second kappa shape index (κ2) is 5.39. The van der Waals surface area contributed by atoms with Crippen LogP contribution in [0, 0.1) is 0 Å². The highest BCUT2D eigenvalue weighted by Crippen LogP contribution is 2.35. The smallest absolute Gasteiger partial charge is 0.331 e. The van der Waals surface area contributed by atoms with Crippen molar-refractivity contribution < 1.29 is 13.2 Å². The van der Waals surface area contributed by atoms with Gasteiger partial charge < -0.3 is 9.88 Å². The van der Waals surface area contributed by atoms with E-state index in [1.165, 1.54) is 12.8 Å². The molecular weight excluding hydrogens is 267 g/mol. The molecule has 1 aliphatic carbocycles. The molecule has 0 aromatic carbocycles. The van der Waals surface area contributed by atoms with Gasteiger partial charge in [0.05, 0.1) is 12.1 Å². The predicted molar refractivity (Wildman–Crippen MR) is 69.5 cm³/mol. The Bertz CT molecular complexity index is 473. The van der Waals surface area contributed by atoms with Gasteiger partial charge in [0.15, 0.2) is 0 Å². The molecule has 3 rings (SSSR count). The zero-order valence-corrected chi connectivity index (χ0v) is 11.5. The van der Waals surface area contributed by atoms with Gasteiger partial charge in [0.1, 0.15) is 5.82 Å². The molecule has 0 radical (unpaired) electrons. The summed E-state index contributed by atoms with van der Waals surface area (Å²) in [6, 6.07) is 0. The molecule has 112 valence electrons. The molecule has 2 heterocycles. The molecule has 1 aromatic heterocycles. The Morgan fingerprint density at radius 3 is 2.70 bits per heavy atom. The first-order valence-electron chi connectivity index (χ1n) is 7.40. The Hall–Kier alpha value is -1.04. The van der Waals surface area contributed by atoms with E-state index in [1.807, 2.05) is 4.57 Å². The number of nitrogens with zero attached hydrogens (tertiary/aromatic N) is 2. The van der Waals surface area contributed by atoms with Gasteiger partial charge in [-0.1, -0.05) is 12.8 Å². The van der Waals surface area contributed by atoms with Crippen molar-refractivity contribution in [3.05, 3.63) is 17.2 Å². The summed E-state index contributed by atoms with van der Waals surface area (Å²) in [4.78, 5) is 4.67. The quantitative estimate of drug-likeness (QED) is 0.925. The summed E-state index contributed by atoms with van der Waals surface area (Å²) in [5, 5.41) is 3.25. The number of aromatic nitrogens is 2. The van der Waals surface area contributed by atoms with E-state index in [-0.39, 0.29) is 6.54 Å². The minimum absolute atomic E-state index is 0.0255. The maximum Gasteiger partial charge on any atom is 0.390 e. The molecule has 2 aliphatic rings. The molecule has 0 atom stereocenters.